The monoisotopic (exact) mass is 295 g/mol. The normalized spacial score (nSPS) is 21.7. The molecular weight excluding hydrogens is 270 g/mol. The topological polar surface area (TPSA) is 78.1 Å². The molecule has 0 saturated heterocycles. The second kappa shape index (κ2) is 6.01. The number of hydrogen-bond donors (Lipinski definition) is 3. The molecule has 2 aromatic rings. The average molecular weight is 295 g/mol. The molecule has 22 heavy (non-hydrogen) atoms. The van der Waals surface area contributed by atoms with E-state index in [0.29, 0.717) is 12.0 Å². The molecule has 0 heterocycles. The van der Waals surface area contributed by atoms with Gasteiger partial charge in [-0.25, -0.2) is 0 Å². The highest BCUT2D eigenvalue weighted by atomic mass is 14.6. The molecule has 0 amide bonds. The standard InChI is InChI=1S/C19H25N3/c1-12-18(21)10-16(11-19(12)22)15-4-2-13(3-5-15)14-6-8-17(20)9-7-14/h2-5,10-11,14,17H,6-9,20-22H2,1H3. The molecule has 0 aliphatic heterocycles. The highest BCUT2D eigenvalue weighted by molar-refractivity contribution is 5.75. The van der Waals surface area contributed by atoms with Crippen molar-refractivity contribution in [3.8, 4) is 11.1 Å². The predicted molar refractivity (Wildman–Crippen MR) is 94.6 cm³/mol. The smallest absolute Gasteiger partial charge is 0.0370 e. The quantitative estimate of drug-likeness (QED) is 0.737. The molecule has 0 radical (unpaired) electrons. The lowest BCUT2D eigenvalue weighted by Gasteiger charge is -2.26. The van der Waals surface area contributed by atoms with Crippen molar-refractivity contribution in [3.63, 3.8) is 0 Å². The largest absolute Gasteiger partial charge is 0.398 e. The van der Waals surface area contributed by atoms with Gasteiger partial charge in [-0.3, -0.25) is 0 Å². The van der Waals surface area contributed by atoms with Crippen LogP contribution in [0.1, 0.15) is 42.7 Å². The summed E-state index contributed by atoms with van der Waals surface area (Å²) in [5.74, 6) is 0.655. The van der Waals surface area contributed by atoms with E-state index in [1.807, 2.05) is 19.1 Å². The Hall–Kier alpha value is -2.00. The van der Waals surface area contributed by atoms with Crippen LogP contribution in [0.5, 0.6) is 0 Å². The van der Waals surface area contributed by atoms with Gasteiger partial charge in [0.15, 0.2) is 0 Å². The Morgan fingerprint density at radius 2 is 1.36 bits per heavy atom. The van der Waals surface area contributed by atoms with Crippen LogP contribution in [0, 0.1) is 6.92 Å². The molecule has 3 heteroatoms. The first-order chi connectivity index (χ1) is 10.5. The van der Waals surface area contributed by atoms with Gasteiger partial charge in [0, 0.05) is 17.4 Å². The minimum Gasteiger partial charge on any atom is -0.398 e. The van der Waals surface area contributed by atoms with Gasteiger partial charge in [-0.15, -0.1) is 0 Å². The number of anilines is 2. The van der Waals surface area contributed by atoms with Crippen LogP contribution < -0.4 is 17.2 Å². The van der Waals surface area contributed by atoms with Gasteiger partial charge in [-0.2, -0.15) is 0 Å². The van der Waals surface area contributed by atoms with Gasteiger partial charge in [0.1, 0.15) is 0 Å². The summed E-state index contributed by atoms with van der Waals surface area (Å²) >= 11 is 0. The molecule has 1 saturated carbocycles. The number of rotatable bonds is 2. The number of nitrogens with two attached hydrogens (primary N) is 3. The zero-order valence-electron chi connectivity index (χ0n) is 13.2. The van der Waals surface area contributed by atoms with Crippen LogP contribution in [0.4, 0.5) is 11.4 Å². The first-order valence-electron chi connectivity index (χ1n) is 8.06. The molecule has 3 rings (SSSR count). The second-order valence-corrected chi connectivity index (χ2v) is 6.51. The van der Waals surface area contributed by atoms with Crippen LogP contribution in [-0.2, 0) is 0 Å². The van der Waals surface area contributed by atoms with Gasteiger partial charge in [-0.1, -0.05) is 24.3 Å². The maximum Gasteiger partial charge on any atom is 0.0370 e. The maximum absolute atomic E-state index is 6.03. The second-order valence-electron chi connectivity index (χ2n) is 6.51. The third-order valence-electron chi connectivity index (χ3n) is 4.98. The van der Waals surface area contributed by atoms with E-state index in [9.17, 15) is 0 Å². The van der Waals surface area contributed by atoms with E-state index >= 15 is 0 Å². The molecule has 116 valence electrons. The summed E-state index contributed by atoms with van der Waals surface area (Å²) in [7, 11) is 0. The number of benzene rings is 2. The van der Waals surface area contributed by atoms with Crippen LogP contribution in [0.3, 0.4) is 0 Å². The first-order valence-corrected chi connectivity index (χ1v) is 8.06. The van der Waals surface area contributed by atoms with E-state index in [2.05, 4.69) is 24.3 Å². The minimum atomic E-state index is 0.397. The minimum absolute atomic E-state index is 0.397. The van der Waals surface area contributed by atoms with E-state index in [0.717, 1.165) is 40.9 Å². The lowest BCUT2D eigenvalue weighted by atomic mass is 9.82. The number of hydrogen-bond acceptors (Lipinski definition) is 3. The fourth-order valence-electron chi connectivity index (χ4n) is 3.33. The lowest BCUT2D eigenvalue weighted by molar-refractivity contribution is 0.395. The zero-order chi connectivity index (χ0) is 15.7. The Balaban J connectivity index is 1.82. The highest BCUT2D eigenvalue weighted by Gasteiger charge is 2.19. The molecule has 0 bridgehead atoms. The van der Waals surface area contributed by atoms with E-state index in [-0.39, 0.29) is 0 Å². The highest BCUT2D eigenvalue weighted by Crippen LogP contribution is 2.34. The van der Waals surface area contributed by atoms with Crippen LogP contribution in [0.25, 0.3) is 11.1 Å². The summed E-state index contributed by atoms with van der Waals surface area (Å²) in [4.78, 5) is 0. The fraction of sp³-hybridized carbons (Fsp3) is 0.368. The van der Waals surface area contributed by atoms with Crippen LogP contribution in [0.15, 0.2) is 36.4 Å². The molecular formula is C19H25N3. The van der Waals surface area contributed by atoms with Crippen molar-refractivity contribution in [1.29, 1.82) is 0 Å². The fourth-order valence-corrected chi connectivity index (χ4v) is 3.33. The summed E-state index contributed by atoms with van der Waals surface area (Å²) in [5, 5.41) is 0. The molecule has 1 fully saturated rings. The molecule has 0 spiro atoms. The number of nitrogen functional groups attached to an aromatic ring is 2. The van der Waals surface area contributed by atoms with Crippen molar-refractivity contribution in [1.82, 2.24) is 0 Å². The Bertz CT molecular complexity index is 630. The predicted octanol–water partition coefficient (Wildman–Crippen LogP) is 3.81. The van der Waals surface area contributed by atoms with E-state index < -0.39 is 0 Å². The van der Waals surface area contributed by atoms with Gasteiger partial charge in [0.05, 0.1) is 0 Å². The lowest BCUT2D eigenvalue weighted by Crippen LogP contribution is -2.25. The van der Waals surface area contributed by atoms with Gasteiger partial charge in [0.2, 0.25) is 0 Å². The van der Waals surface area contributed by atoms with Gasteiger partial charge < -0.3 is 17.2 Å². The molecule has 0 aromatic heterocycles. The Kier molecular flexibility index (Phi) is 4.08. The van der Waals surface area contributed by atoms with E-state index in [1.165, 1.54) is 18.4 Å². The van der Waals surface area contributed by atoms with E-state index in [1.54, 1.807) is 0 Å². The molecule has 0 atom stereocenters. The van der Waals surface area contributed by atoms with Crippen molar-refractivity contribution in [3.05, 3.63) is 47.5 Å². The first kappa shape index (κ1) is 14.9. The summed E-state index contributed by atoms with van der Waals surface area (Å²) in [6.45, 7) is 1.95. The Morgan fingerprint density at radius 3 is 1.91 bits per heavy atom. The van der Waals surface area contributed by atoms with Crippen LogP contribution in [0.2, 0.25) is 0 Å². The van der Waals surface area contributed by atoms with E-state index in [4.69, 9.17) is 17.2 Å². The molecule has 3 nitrogen and oxygen atoms in total. The van der Waals surface area contributed by atoms with Gasteiger partial charge in [0.25, 0.3) is 0 Å². The SMILES string of the molecule is Cc1c(N)cc(-c2ccc(C3CCC(N)CC3)cc2)cc1N. The van der Waals surface area contributed by atoms with Crippen LogP contribution in [-0.4, -0.2) is 6.04 Å². The molecule has 2 aromatic carbocycles. The van der Waals surface area contributed by atoms with Crippen molar-refractivity contribution in [2.75, 3.05) is 11.5 Å². The van der Waals surface area contributed by atoms with Crippen molar-refractivity contribution >= 4 is 11.4 Å². The molecule has 6 N–H and O–H groups in total. The zero-order valence-corrected chi connectivity index (χ0v) is 13.2. The molecule has 1 aliphatic carbocycles. The van der Waals surface area contributed by atoms with Crippen molar-refractivity contribution in [2.24, 2.45) is 5.73 Å². The summed E-state index contributed by atoms with van der Waals surface area (Å²) in [6, 6.07) is 13.2. The summed E-state index contributed by atoms with van der Waals surface area (Å²) in [6.07, 6.45) is 4.67. The van der Waals surface area contributed by atoms with Crippen LogP contribution >= 0.6 is 0 Å². The third-order valence-corrected chi connectivity index (χ3v) is 4.98. The van der Waals surface area contributed by atoms with Gasteiger partial charge in [-0.05, 0) is 72.9 Å². The molecule has 0 unspecified atom stereocenters. The Labute approximate surface area is 132 Å². The summed E-state index contributed by atoms with van der Waals surface area (Å²) < 4.78 is 0. The summed E-state index contributed by atoms with van der Waals surface area (Å²) in [5.41, 5.74) is 24.2. The maximum atomic E-state index is 6.03. The average Bonchev–Trinajstić information content (AvgIpc) is 2.53. The molecule has 1 aliphatic rings. The van der Waals surface area contributed by atoms with Gasteiger partial charge >= 0.3 is 0 Å². The van der Waals surface area contributed by atoms with Crippen molar-refractivity contribution in [2.45, 2.75) is 44.6 Å². The van der Waals surface area contributed by atoms with Crippen molar-refractivity contribution < 1.29 is 0 Å². The Morgan fingerprint density at radius 1 is 0.818 bits per heavy atom. The third kappa shape index (κ3) is 2.95.